The number of pyridine rings is 1. The topological polar surface area (TPSA) is 104 Å². The molecule has 2 unspecified atom stereocenters. The number of carbonyl (C=O) groups is 1. The molecular formula is C14H19N3O5. The van der Waals surface area contributed by atoms with Crippen molar-refractivity contribution in [1.82, 2.24) is 4.98 Å². The molecule has 0 amide bonds. The third-order valence-corrected chi connectivity index (χ3v) is 3.66. The summed E-state index contributed by atoms with van der Waals surface area (Å²) in [6.07, 6.45) is 3.98. The van der Waals surface area contributed by atoms with Gasteiger partial charge in [-0.25, -0.2) is 9.78 Å². The highest BCUT2D eigenvalue weighted by atomic mass is 16.6. The molecule has 0 radical (unpaired) electrons. The first kappa shape index (κ1) is 16.2. The van der Waals surface area contributed by atoms with Gasteiger partial charge in [-0.15, -0.1) is 0 Å². The van der Waals surface area contributed by atoms with Crippen LogP contribution in [0.2, 0.25) is 0 Å². The van der Waals surface area contributed by atoms with Gasteiger partial charge < -0.3 is 14.8 Å². The van der Waals surface area contributed by atoms with Crippen molar-refractivity contribution in [2.75, 3.05) is 19.0 Å². The SMILES string of the molecule is CCOC(=O)c1ccnc(NC2CCC(OC)C2)c1[N+](=O)[O-]. The van der Waals surface area contributed by atoms with Crippen LogP contribution >= 0.6 is 0 Å². The molecule has 8 nitrogen and oxygen atoms in total. The first-order valence-electron chi connectivity index (χ1n) is 7.16. The average Bonchev–Trinajstić information content (AvgIpc) is 2.94. The zero-order valence-corrected chi connectivity index (χ0v) is 12.6. The van der Waals surface area contributed by atoms with Crippen LogP contribution in [0.1, 0.15) is 36.5 Å². The van der Waals surface area contributed by atoms with Crippen LogP contribution in [0.15, 0.2) is 12.3 Å². The van der Waals surface area contributed by atoms with Crippen molar-refractivity contribution >= 4 is 17.5 Å². The molecule has 1 aliphatic rings. The summed E-state index contributed by atoms with van der Waals surface area (Å²) in [6, 6.07) is 1.34. The molecule has 1 aromatic rings. The predicted octanol–water partition coefficient (Wildman–Crippen LogP) is 2.15. The van der Waals surface area contributed by atoms with E-state index < -0.39 is 10.9 Å². The molecule has 0 aromatic carbocycles. The number of rotatable bonds is 6. The Hall–Kier alpha value is -2.22. The quantitative estimate of drug-likeness (QED) is 0.487. The summed E-state index contributed by atoms with van der Waals surface area (Å²) >= 11 is 0. The Bertz CT molecular complexity index is 563. The van der Waals surface area contributed by atoms with Crippen LogP contribution in [0.4, 0.5) is 11.5 Å². The maximum Gasteiger partial charge on any atom is 0.345 e. The van der Waals surface area contributed by atoms with Crippen LogP contribution in [0.25, 0.3) is 0 Å². The Morgan fingerprint density at radius 3 is 2.91 bits per heavy atom. The zero-order valence-electron chi connectivity index (χ0n) is 12.6. The number of ether oxygens (including phenoxy) is 2. The number of esters is 1. The highest BCUT2D eigenvalue weighted by Gasteiger charge is 2.30. The van der Waals surface area contributed by atoms with Gasteiger partial charge in [0.1, 0.15) is 5.56 Å². The molecule has 0 spiro atoms. The summed E-state index contributed by atoms with van der Waals surface area (Å²) in [5.74, 6) is -0.627. The Morgan fingerprint density at radius 2 is 2.32 bits per heavy atom. The summed E-state index contributed by atoms with van der Waals surface area (Å²) in [4.78, 5) is 26.6. The van der Waals surface area contributed by atoms with Gasteiger partial charge in [0.05, 0.1) is 17.6 Å². The second-order valence-corrected chi connectivity index (χ2v) is 5.05. The van der Waals surface area contributed by atoms with E-state index in [0.29, 0.717) is 0 Å². The third kappa shape index (κ3) is 3.51. The molecule has 1 aromatic heterocycles. The van der Waals surface area contributed by atoms with Gasteiger partial charge in [0.25, 0.3) is 0 Å². The molecule has 2 rings (SSSR count). The maximum atomic E-state index is 11.9. The summed E-state index contributed by atoms with van der Waals surface area (Å²) in [6.45, 7) is 1.80. The van der Waals surface area contributed by atoms with Crippen molar-refractivity contribution in [3.8, 4) is 0 Å². The number of hydrogen-bond donors (Lipinski definition) is 1. The second-order valence-electron chi connectivity index (χ2n) is 5.05. The summed E-state index contributed by atoms with van der Waals surface area (Å²) in [5, 5.41) is 14.4. The standard InChI is InChI=1S/C14H19N3O5/c1-3-22-14(18)11-6-7-15-13(12(11)17(19)20)16-9-4-5-10(8-9)21-2/h6-7,9-10H,3-5,8H2,1-2H3,(H,15,16). The Morgan fingerprint density at radius 1 is 1.55 bits per heavy atom. The van der Waals surface area contributed by atoms with E-state index in [2.05, 4.69) is 10.3 Å². The van der Waals surface area contributed by atoms with Gasteiger partial charge in [0.2, 0.25) is 5.82 Å². The highest BCUT2D eigenvalue weighted by Crippen LogP contribution is 2.31. The van der Waals surface area contributed by atoms with Gasteiger partial charge in [-0.3, -0.25) is 10.1 Å². The van der Waals surface area contributed by atoms with Gasteiger partial charge in [0.15, 0.2) is 0 Å². The van der Waals surface area contributed by atoms with Crippen LogP contribution in [-0.2, 0) is 9.47 Å². The van der Waals surface area contributed by atoms with Crippen LogP contribution in [0.3, 0.4) is 0 Å². The maximum absolute atomic E-state index is 11.9. The number of aromatic nitrogens is 1. The van der Waals surface area contributed by atoms with Crippen LogP contribution < -0.4 is 5.32 Å². The van der Waals surface area contributed by atoms with Gasteiger partial charge >= 0.3 is 11.7 Å². The number of nitrogens with zero attached hydrogens (tertiary/aromatic N) is 2. The van der Waals surface area contributed by atoms with E-state index in [-0.39, 0.29) is 35.8 Å². The first-order valence-corrected chi connectivity index (χ1v) is 7.16. The molecule has 120 valence electrons. The molecule has 2 atom stereocenters. The van der Waals surface area contributed by atoms with Crippen LogP contribution in [0.5, 0.6) is 0 Å². The van der Waals surface area contributed by atoms with E-state index >= 15 is 0 Å². The molecule has 1 saturated carbocycles. The van der Waals surface area contributed by atoms with Crippen molar-refractivity contribution in [1.29, 1.82) is 0 Å². The van der Waals surface area contributed by atoms with E-state index in [9.17, 15) is 14.9 Å². The van der Waals surface area contributed by atoms with Crippen LogP contribution in [0, 0.1) is 10.1 Å². The lowest BCUT2D eigenvalue weighted by Crippen LogP contribution is -2.20. The van der Waals surface area contributed by atoms with Crippen molar-refractivity contribution in [2.24, 2.45) is 0 Å². The van der Waals surface area contributed by atoms with Crippen molar-refractivity contribution in [3.05, 3.63) is 27.9 Å². The Labute approximate surface area is 128 Å². The van der Waals surface area contributed by atoms with Gasteiger partial charge in [-0.2, -0.15) is 0 Å². The monoisotopic (exact) mass is 309 g/mol. The molecule has 22 heavy (non-hydrogen) atoms. The van der Waals surface area contributed by atoms with E-state index in [1.54, 1.807) is 14.0 Å². The summed E-state index contributed by atoms with van der Waals surface area (Å²) in [5.41, 5.74) is -0.438. The smallest absolute Gasteiger partial charge is 0.345 e. The second kappa shape index (κ2) is 7.17. The van der Waals surface area contributed by atoms with E-state index in [1.807, 2.05) is 0 Å². The Kier molecular flexibility index (Phi) is 5.26. The minimum absolute atomic E-state index is 0.0357. The van der Waals surface area contributed by atoms with Crippen molar-refractivity contribution < 1.29 is 19.2 Å². The fraction of sp³-hybridized carbons (Fsp3) is 0.571. The third-order valence-electron chi connectivity index (χ3n) is 3.66. The predicted molar refractivity (Wildman–Crippen MR) is 78.9 cm³/mol. The van der Waals surface area contributed by atoms with Gasteiger partial charge in [-0.1, -0.05) is 0 Å². The molecule has 1 heterocycles. The normalized spacial score (nSPS) is 20.6. The number of anilines is 1. The highest BCUT2D eigenvalue weighted by molar-refractivity contribution is 5.96. The number of nitrogens with one attached hydrogen (secondary N) is 1. The molecule has 0 aliphatic heterocycles. The molecular weight excluding hydrogens is 290 g/mol. The van der Waals surface area contributed by atoms with Gasteiger partial charge in [0, 0.05) is 19.3 Å². The van der Waals surface area contributed by atoms with Crippen LogP contribution in [-0.4, -0.2) is 41.7 Å². The summed E-state index contributed by atoms with van der Waals surface area (Å²) in [7, 11) is 1.65. The average molecular weight is 309 g/mol. The number of methoxy groups -OCH3 is 1. The molecule has 1 fully saturated rings. The van der Waals surface area contributed by atoms with E-state index in [0.717, 1.165) is 19.3 Å². The number of nitro groups is 1. The molecule has 1 N–H and O–H groups in total. The lowest BCUT2D eigenvalue weighted by molar-refractivity contribution is -0.384. The largest absolute Gasteiger partial charge is 0.462 e. The minimum atomic E-state index is -0.721. The Balaban J connectivity index is 2.25. The summed E-state index contributed by atoms with van der Waals surface area (Å²) < 4.78 is 10.1. The van der Waals surface area contributed by atoms with Crippen molar-refractivity contribution in [3.63, 3.8) is 0 Å². The lowest BCUT2D eigenvalue weighted by Gasteiger charge is -2.14. The fourth-order valence-corrected chi connectivity index (χ4v) is 2.60. The lowest BCUT2D eigenvalue weighted by atomic mass is 10.2. The zero-order chi connectivity index (χ0) is 16.1. The first-order chi connectivity index (χ1) is 10.6. The molecule has 1 aliphatic carbocycles. The van der Waals surface area contributed by atoms with Crippen molar-refractivity contribution in [2.45, 2.75) is 38.3 Å². The minimum Gasteiger partial charge on any atom is -0.462 e. The molecule has 8 heteroatoms. The van der Waals surface area contributed by atoms with E-state index in [4.69, 9.17) is 9.47 Å². The molecule has 0 saturated heterocycles. The van der Waals surface area contributed by atoms with E-state index in [1.165, 1.54) is 12.3 Å². The number of hydrogen-bond acceptors (Lipinski definition) is 7. The molecule has 0 bridgehead atoms. The number of carbonyl (C=O) groups excluding carboxylic acids is 1. The van der Waals surface area contributed by atoms with Gasteiger partial charge in [-0.05, 0) is 32.3 Å². The fourth-order valence-electron chi connectivity index (χ4n) is 2.60.